The zero-order valence-electron chi connectivity index (χ0n) is 11.6. The molecule has 0 saturated heterocycles. The first-order valence-corrected chi connectivity index (χ1v) is 6.34. The highest BCUT2D eigenvalue weighted by atomic mass is 16.3. The number of fused-ring (bicyclic) bond motifs is 1. The van der Waals surface area contributed by atoms with E-state index in [1.54, 1.807) is 0 Å². The minimum absolute atomic E-state index is 0.146. The van der Waals surface area contributed by atoms with Crippen molar-refractivity contribution < 1.29 is 4.42 Å². The van der Waals surface area contributed by atoms with Crippen molar-refractivity contribution in [2.75, 3.05) is 6.54 Å². The van der Waals surface area contributed by atoms with Crippen molar-refractivity contribution in [3.8, 4) is 0 Å². The van der Waals surface area contributed by atoms with Gasteiger partial charge in [-0.15, -0.1) is 0 Å². The van der Waals surface area contributed by atoms with Crippen LogP contribution in [0.5, 0.6) is 0 Å². The SMILES string of the molecule is C/C(=C/c1coc2ccccc12)CNC(C)(C)C. The Hall–Kier alpha value is -1.54. The van der Waals surface area contributed by atoms with E-state index in [-0.39, 0.29) is 5.54 Å². The van der Waals surface area contributed by atoms with Crippen LogP contribution >= 0.6 is 0 Å². The predicted octanol–water partition coefficient (Wildman–Crippen LogP) is 4.22. The molecule has 0 spiro atoms. The van der Waals surface area contributed by atoms with E-state index in [2.05, 4.69) is 45.2 Å². The van der Waals surface area contributed by atoms with Gasteiger partial charge in [0.05, 0.1) is 6.26 Å². The third kappa shape index (κ3) is 3.23. The number of hydrogen-bond acceptors (Lipinski definition) is 2. The first kappa shape index (κ1) is 12.9. The molecule has 2 nitrogen and oxygen atoms in total. The minimum atomic E-state index is 0.146. The Morgan fingerprint density at radius 3 is 2.72 bits per heavy atom. The van der Waals surface area contributed by atoms with Crippen molar-refractivity contribution in [1.82, 2.24) is 5.32 Å². The van der Waals surface area contributed by atoms with Gasteiger partial charge in [0.25, 0.3) is 0 Å². The summed E-state index contributed by atoms with van der Waals surface area (Å²) in [5.41, 5.74) is 3.55. The number of nitrogens with one attached hydrogen (secondary N) is 1. The van der Waals surface area contributed by atoms with E-state index in [0.717, 1.165) is 17.7 Å². The Balaban J connectivity index is 2.17. The summed E-state index contributed by atoms with van der Waals surface area (Å²) in [6.07, 6.45) is 4.01. The average Bonchev–Trinajstić information content (AvgIpc) is 2.70. The van der Waals surface area contributed by atoms with Gasteiger partial charge in [-0.3, -0.25) is 0 Å². The molecular weight excluding hydrogens is 222 g/mol. The van der Waals surface area contributed by atoms with E-state index in [0.29, 0.717) is 0 Å². The molecule has 0 unspecified atom stereocenters. The number of rotatable bonds is 3. The lowest BCUT2D eigenvalue weighted by atomic mass is 10.1. The number of para-hydroxylation sites is 1. The molecule has 0 fully saturated rings. The fourth-order valence-electron chi connectivity index (χ4n) is 1.83. The highest BCUT2D eigenvalue weighted by molar-refractivity contribution is 5.87. The molecule has 0 radical (unpaired) electrons. The molecule has 0 saturated carbocycles. The smallest absolute Gasteiger partial charge is 0.134 e. The third-order valence-corrected chi connectivity index (χ3v) is 2.81. The van der Waals surface area contributed by atoms with Crippen molar-refractivity contribution in [3.63, 3.8) is 0 Å². The standard InChI is InChI=1S/C16H21NO/c1-12(10-17-16(2,3)4)9-13-11-18-15-8-6-5-7-14(13)15/h5-9,11,17H,10H2,1-4H3/b12-9-. The molecule has 0 bridgehead atoms. The molecular formula is C16H21NO. The molecule has 0 amide bonds. The Kier molecular flexibility index (Phi) is 3.58. The Morgan fingerprint density at radius 1 is 1.28 bits per heavy atom. The molecule has 0 aliphatic rings. The van der Waals surface area contributed by atoms with Crippen LogP contribution in [0.2, 0.25) is 0 Å². The fraction of sp³-hybridized carbons (Fsp3) is 0.375. The summed E-state index contributed by atoms with van der Waals surface area (Å²) in [6.45, 7) is 9.55. The van der Waals surface area contributed by atoms with Crippen LogP contribution < -0.4 is 5.32 Å². The van der Waals surface area contributed by atoms with Gasteiger partial charge < -0.3 is 9.73 Å². The van der Waals surface area contributed by atoms with E-state index < -0.39 is 0 Å². The molecule has 0 atom stereocenters. The second-order valence-corrected chi connectivity index (χ2v) is 5.78. The van der Waals surface area contributed by atoms with Crippen LogP contribution in [0.1, 0.15) is 33.3 Å². The maximum absolute atomic E-state index is 5.53. The molecule has 96 valence electrons. The van der Waals surface area contributed by atoms with Crippen molar-refractivity contribution in [2.24, 2.45) is 0 Å². The van der Waals surface area contributed by atoms with Crippen LogP contribution in [0.3, 0.4) is 0 Å². The Bertz CT molecular complexity index is 558. The lowest BCUT2D eigenvalue weighted by Gasteiger charge is -2.20. The van der Waals surface area contributed by atoms with Gasteiger partial charge in [-0.25, -0.2) is 0 Å². The minimum Gasteiger partial charge on any atom is -0.464 e. The first-order chi connectivity index (χ1) is 8.46. The van der Waals surface area contributed by atoms with Gasteiger partial charge in [-0.05, 0) is 33.8 Å². The second kappa shape index (κ2) is 4.99. The van der Waals surface area contributed by atoms with Crippen LogP contribution in [-0.4, -0.2) is 12.1 Å². The molecule has 1 aromatic carbocycles. The monoisotopic (exact) mass is 243 g/mol. The highest BCUT2D eigenvalue weighted by Crippen LogP contribution is 2.22. The van der Waals surface area contributed by atoms with Crippen molar-refractivity contribution in [1.29, 1.82) is 0 Å². The highest BCUT2D eigenvalue weighted by Gasteiger charge is 2.08. The summed E-state index contributed by atoms with van der Waals surface area (Å²) in [4.78, 5) is 0. The lowest BCUT2D eigenvalue weighted by molar-refractivity contribution is 0.445. The number of benzene rings is 1. The summed E-state index contributed by atoms with van der Waals surface area (Å²) >= 11 is 0. The lowest BCUT2D eigenvalue weighted by Crippen LogP contribution is -2.36. The van der Waals surface area contributed by atoms with E-state index in [9.17, 15) is 0 Å². The van der Waals surface area contributed by atoms with Gasteiger partial charge in [-0.2, -0.15) is 0 Å². The third-order valence-electron chi connectivity index (χ3n) is 2.81. The van der Waals surface area contributed by atoms with Gasteiger partial charge in [0.2, 0.25) is 0 Å². The largest absolute Gasteiger partial charge is 0.464 e. The van der Waals surface area contributed by atoms with Crippen molar-refractivity contribution >= 4 is 17.0 Å². The molecule has 1 aromatic heterocycles. The quantitative estimate of drug-likeness (QED) is 0.873. The average molecular weight is 243 g/mol. The topological polar surface area (TPSA) is 25.2 Å². The van der Waals surface area contributed by atoms with Gasteiger partial charge in [0.1, 0.15) is 5.58 Å². The first-order valence-electron chi connectivity index (χ1n) is 6.34. The zero-order valence-corrected chi connectivity index (χ0v) is 11.6. The maximum Gasteiger partial charge on any atom is 0.134 e. The van der Waals surface area contributed by atoms with Gasteiger partial charge in [-0.1, -0.05) is 29.8 Å². The predicted molar refractivity (Wildman–Crippen MR) is 77.6 cm³/mol. The van der Waals surface area contributed by atoms with Gasteiger partial charge in [0.15, 0.2) is 0 Å². The molecule has 2 aromatic rings. The summed E-state index contributed by atoms with van der Waals surface area (Å²) in [5.74, 6) is 0. The second-order valence-electron chi connectivity index (χ2n) is 5.78. The molecule has 2 rings (SSSR count). The number of furan rings is 1. The molecule has 18 heavy (non-hydrogen) atoms. The summed E-state index contributed by atoms with van der Waals surface area (Å²) in [7, 11) is 0. The summed E-state index contributed by atoms with van der Waals surface area (Å²) in [5, 5.41) is 4.66. The summed E-state index contributed by atoms with van der Waals surface area (Å²) < 4.78 is 5.53. The fourth-order valence-corrected chi connectivity index (χ4v) is 1.83. The van der Waals surface area contributed by atoms with Gasteiger partial charge in [0, 0.05) is 23.0 Å². The van der Waals surface area contributed by atoms with Crippen LogP contribution in [0, 0.1) is 0 Å². The van der Waals surface area contributed by atoms with Gasteiger partial charge >= 0.3 is 0 Å². The van der Waals surface area contributed by atoms with Crippen LogP contribution in [-0.2, 0) is 0 Å². The zero-order chi connectivity index (χ0) is 13.2. The van der Waals surface area contributed by atoms with Crippen molar-refractivity contribution in [2.45, 2.75) is 33.2 Å². The number of hydrogen-bond donors (Lipinski definition) is 1. The maximum atomic E-state index is 5.53. The van der Waals surface area contributed by atoms with Crippen molar-refractivity contribution in [3.05, 3.63) is 41.7 Å². The van der Waals surface area contributed by atoms with E-state index in [1.165, 1.54) is 11.0 Å². The normalized spacial score (nSPS) is 13.2. The molecule has 2 heteroatoms. The Morgan fingerprint density at radius 2 is 2.00 bits per heavy atom. The molecule has 1 N–H and O–H groups in total. The van der Waals surface area contributed by atoms with E-state index >= 15 is 0 Å². The van der Waals surface area contributed by atoms with Crippen LogP contribution in [0.15, 0.2) is 40.5 Å². The van der Waals surface area contributed by atoms with E-state index in [1.807, 2.05) is 24.5 Å². The van der Waals surface area contributed by atoms with Crippen LogP contribution in [0.25, 0.3) is 17.0 Å². The summed E-state index contributed by atoms with van der Waals surface area (Å²) in [6, 6.07) is 8.12. The van der Waals surface area contributed by atoms with E-state index in [4.69, 9.17) is 4.42 Å². The molecule has 0 aliphatic heterocycles. The van der Waals surface area contributed by atoms with Crippen LogP contribution in [0.4, 0.5) is 0 Å². The molecule has 0 aliphatic carbocycles. The molecule has 1 heterocycles. The Labute approximate surface area is 109 Å².